The second kappa shape index (κ2) is 6.23. The molecule has 1 amide bonds. The predicted molar refractivity (Wildman–Crippen MR) is 81.4 cm³/mol. The standard InChI is InChI=1S/C16H14FN3O4/c17-10-1-3-12(4-2-10)20-14(21)6-5-13(19-20)15(22)18-11-7-9(8-11)16(23)24/h1-6,9,11H,7-8H2,(H,18,22)(H,23,24). The summed E-state index contributed by atoms with van der Waals surface area (Å²) in [4.78, 5) is 34.8. The van der Waals surface area contributed by atoms with Crippen LogP contribution < -0.4 is 10.9 Å². The number of halogens is 1. The molecule has 0 radical (unpaired) electrons. The van der Waals surface area contributed by atoms with E-state index in [1.54, 1.807) is 0 Å². The highest BCUT2D eigenvalue weighted by atomic mass is 19.1. The van der Waals surface area contributed by atoms with E-state index < -0.39 is 29.2 Å². The van der Waals surface area contributed by atoms with Crippen LogP contribution in [0.4, 0.5) is 4.39 Å². The third-order valence-corrected chi connectivity index (χ3v) is 3.93. The summed E-state index contributed by atoms with van der Waals surface area (Å²) in [5, 5.41) is 15.5. The van der Waals surface area contributed by atoms with E-state index in [0.29, 0.717) is 18.5 Å². The lowest BCUT2D eigenvalue weighted by molar-refractivity contribution is -0.145. The van der Waals surface area contributed by atoms with Crippen LogP contribution in [0.3, 0.4) is 0 Å². The average Bonchev–Trinajstić information content (AvgIpc) is 2.51. The molecule has 1 saturated carbocycles. The predicted octanol–water partition coefficient (Wildman–Crippen LogP) is 0.965. The molecule has 2 N–H and O–H groups in total. The molecule has 0 bridgehead atoms. The summed E-state index contributed by atoms with van der Waals surface area (Å²) in [5.74, 6) is -2.24. The Balaban J connectivity index is 1.76. The van der Waals surface area contributed by atoms with E-state index in [9.17, 15) is 18.8 Å². The first-order valence-electron chi connectivity index (χ1n) is 7.34. The zero-order chi connectivity index (χ0) is 17.3. The number of rotatable bonds is 4. The fraction of sp³-hybridized carbons (Fsp3) is 0.250. The van der Waals surface area contributed by atoms with Crippen molar-refractivity contribution >= 4 is 11.9 Å². The highest BCUT2D eigenvalue weighted by Crippen LogP contribution is 2.27. The van der Waals surface area contributed by atoms with Crippen LogP contribution in [-0.2, 0) is 4.79 Å². The van der Waals surface area contributed by atoms with Gasteiger partial charge in [0.05, 0.1) is 11.6 Å². The summed E-state index contributed by atoms with van der Waals surface area (Å²) in [5.41, 5.74) is -0.0870. The van der Waals surface area contributed by atoms with E-state index in [-0.39, 0.29) is 11.7 Å². The Morgan fingerprint density at radius 1 is 1.17 bits per heavy atom. The van der Waals surface area contributed by atoms with E-state index in [4.69, 9.17) is 5.11 Å². The van der Waals surface area contributed by atoms with Crippen molar-refractivity contribution in [2.75, 3.05) is 0 Å². The molecule has 1 aromatic heterocycles. The summed E-state index contributed by atoms with van der Waals surface area (Å²) >= 11 is 0. The third kappa shape index (κ3) is 3.17. The second-order valence-electron chi connectivity index (χ2n) is 5.62. The first-order valence-corrected chi connectivity index (χ1v) is 7.34. The SMILES string of the molecule is O=C(NC1CC(C(=O)O)C1)c1ccc(=O)n(-c2ccc(F)cc2)n1. The fourth-order valence-corrected chi connectivity index (χ4v) is 2.50. The molecule has 1 aliphatic carbocycles. The summed E-state index contributed by atoms with van der Waals surface area (Å²) in [6, 6.07) is 7.43. The Labute approximate surface area is 135 Å². The molecule has 0 aliphatic heterocycles. The van der Waals surface area contributed by atoms with Gasteiger partial charge in [0.2, 0.25) is 0 Å². The maximum absolute atomic E-state index is 13.0. The molecule has 0 unspecified atom stereocenters. The zero-order valence-corrected chi connectivity index (χ0v) is 12.5. The van der Waals surface area contributed by atoms with Gasteiger partial charge in [-0.1, -0.05) is 0 Å². The van der Waals surface area contributed by atoms with Crippen molar-refractivity contribution in [3.05, 3.63) is 58.3 Å². The van der Waals surface area contributed by atoms with Crippen LogP contribution in [0.5, 0.6) is 0 Å². The van der Waals surface area contributed by atoms with Gasteiger partial charge in [0.1, 0.15) is 11.5 Å². The Hall–Kier alpha value is -3.03. The van der Waals surface area contributed by atoms with Gasteiger partial charge in [0.15, 0.2) is 0 Å². The molecule has 1 aliphatic rings. The number of carbonyl (C=O) groups is 2. The molecular formula is C16H14FN3O4. The molecule has 8 heteroatoms. The third-order valence-electron chi connectivity index (χ3n) is 3.93. The Morgan fingerprint density at radius 2 is 1.83 bits per heavy atom. The maximum atomic E-state index is 13.0. The number of carboxylic acids is 1. The minimum absolute atomic E-state index is 0.0256. The van der Waals surface area contributed by atoms with Gasteiger partial charge >= 0.3 is 5.97 Å². The van der Waals surface area contributed by atoms with Crippen LogP contribution in [-0.4, -0.2) is 32.8 Å². The van der Waals surface area contributed by atoms with Crippen LogP contribution in [0, 0.1) is 11.7 Å². The lowest BCUT2D eigenvalue weighted by Crippen LogP contribution is -2.47. The van der Waals surface area contributed by atoms with Crippen LogP contribution in [0.1, 0.15) is 23.3 Å². The molecule has 24 heavy (non-hydrogen) atoms. The van der Waals surface area contributed by atoms with Crippen molar-refractivity contribution in [1.29, 1.82) is 0 Å². The van der Waals surface area contributed by atoms with Gasteiger partial charge < -0.3 is 10.4 Å². The smallest absolute Gasteiger partial charge is 0.306 e. The van der Waals surface area contributed by atoms with Gasteiger partial charge in [-0.05, 0) is 43.2 Å². The molecule has 1 heterocycles. The number of benzene rings is 1. The van der Waals surface area contributed by atoms with Crippen molar-refractivity contribution in [2.45, 2.75) is 18.9 Å². The summed E-state index contributed by atoms with van der Waals surface area (Å²) in [6.07, 6.45) is 0.747. The number of hydrogen-bond acceptors (Lipinski definition) is 4. The molecule has 0 spiro atoms. The van der Waals surface area contributed by atoms with E-state index in [1.165, 1.54) is 36.4 Å². The monoisotopic (exact) mass is 331 g/mol. The molecule has 1 fully saturated rings. The molecule has 7 nitrogen and oxygen atoms in total. The van der Waals surface area contributed by atoms with Gasteiger partial charge in [-0.25, -0.2) is 4.39 Å². The fourth-order valence-electron chi connectivity index (χ4n) is 2.50. The van der Waals surface area contributed by atoms with Gasteiger partial charge in [0.25, 0.3) is 11.5 Å². The van der Waals surface area contributed by atoms with Crippen LogP contribution >= 0.6 is 0 Å². The largest absolute Gasteiger partial charge is 0.481 e. The molecule has 3 rings (SSSR count). The van der Waals surface area contributed by atoms with Crippen molar-refractivity contribution < 1.29 is 19.1 Å². The quantitative estimate of drug-likeness (QED) is 0.869. The minimum Gasteiger partial charge on any atom is -0.481 e. The van der Waals surface area contributed by atoms with Gasteiger partial charge in [-0.3, -0.25) is 14.4 Å². The van der Waals surface area contributed by atoms with Crippen LogP contribution in [0.25, 0.3) is 5.69 Å². The summed E-state index contributed by atoms with van der Waals surface area (Å²) in [7, 11) is 0. The normalized spacial score (nSPS) is 19.4. The molecule has 0 saturated heterocycles. The number of carbonyl (C=O) groups excluding carboxylic acids is 1. The molecule has 2 aromatic rings. The lowest BCUT2D eigenvalue weighted by atomic mass is 9.80. The van der Waals surface area contributed by atoms with Crippen LogP contribution in [0.2, 0.25) is 0 Å². The van der Waals surface area contributed by atoms with Gasteiger partial charge in [-0.2, -0.15) is 9.78 Å². The highest BCUT2D eigenvalue weighted by molar-refractivity contribution is 5.92. The van der Waals surface area contributed by atoms with Gasteiger partial charge in [0, 0.05) is 12.1 Å². The highest BCUT2D eigenvalue weighted by Gasteiger charge is 2.35. The second-order valence-corrected chi connectivity index (χ2v) is 5.62. The molecule has 1 aromatic carbocycles. The number of nitrogens with one attached hydrogen (secondary N) is 1. The molecule has 0 atom stereocenters. The Bertz CT molecular complexity index is 841. The van der Waals surface area contributed by atoms with Crippen molar-refractivity contribution in [3.63, 3.8) is 0 Å². The minimum atomic E-state index is -0.872. The molecule has 124 valence electrons. The summed E-state index contributed by atoms with van der Waals surface area (Å²) < 4.78 is 14.0. The number of nitrogens with zero attached hydrogens (tertiary/aromatic N) is 2. The van der Waals surface area contributed by atoms with Crippen molar-refractivity contribution in [2.24, 2.45) is 5.92 Å². The maximum Gasteiger partial charge on any atom is 0.306 e. The van der Waals surface area contributed by atoms with Gasteiger partial charge in [-0.15, -0.1) is 0 Å². The van der Waals surface area contributed by atoms with Crippen molar-refractivity contribution in [1.82, 2.24) is 15.1 Å². The van der Waals surface area contributed by atoms with E-state index in [2.05, 4.69) is 10.4 Å². The average molecular weight is 331 g/mol. The van der Waals surface area contributed by atoms with Crippen molar-refractivity contribution in [3.8, 4) is 5.69 Å². The summed E-state index contributed by atoms with van der Waals surface area (Å²) in [6.45, 7) is 0. The number of carboxylic acid groups (broad SMARTS) is 1. The lowest BCUT2D eigenvalue weighted by Gasteiger charge is -2.32. The number of aliphatic carboxylic acids is 1. The number of hydrogen-bond donors (Lipinski definition) is 2. The number of amides is 1. The first-order chi connectivity index (χ1) is 11.4. The zero-order valence-electron chi connectivity index (χ0n) is 12.5. The number of aromatic nitrogens is 2. The van der Waals surface area contributed by atoms with E-state index in [0.717, 1.165) is 4.68 Å². The molecular weight excluding hydrogens is 317 g/mol. The Morgan fingerprint density at radius 3 is 2.46 bits per heavy atom. The topological polar surface area (TPSA) is 101 Å². The van der Waals surface area contributed by atoms with E-state index >= 15 is 0 Å². The Kier molecular flexibility index (Phi) is 4.11. The van der Waals surface area contributed by atoms with Crippen LogP contribution in [0.15, 0.2) is 41.2 Å². The van der Waals surface area contributed by atoms with E-state index in [1.807, 2.05) is 0 Å². The first kappa shape index (κ1) is 15.9.